The molecule has 10 nitrogen and oxygen atoms in total. The Morgan fingerprint density at radius 1 is 1.14 bits per heavy atom. The Kier molecular flexibility index (Phi) is 5.33. The third kappa shape index (κ3) is 4.03. The smallest absolute Gasteiger partial charge is 0.271 e. The monoisotopic (exact) mass is 502 g/mol. The molecular formula is C25H16F2N6O4. The second kappa shape index (κ2) is 8.82. The van der Waals surface area contributed by atoms with Crippen molar-refractivity contribution in [2.45, 2.75) is 6.42 Å². The number of ether oxygens (including phenoxy) is 2. The summed E-state index contributed by atoms with van der Waals surface area (Å²) in [6.45, 7) is 0.302. The molecule has 6 rings (SSSR count). The number of carbonyl (C=O) groups is 1. The number of rotatable bonds is 5. The van der Waals surface area contributed by atoms with Gasteiger partial charge in [-0.2, -0.15) is 5.10 Å². The zero-order valence-electron chi connectivity index (χ0n) is 18.9. The Hall–Kier alpha value is -5.13. The van der Waals surface area contributed by atoms with Crippen LogP contribution in [0.15, 0.2) is 66.0 Å². The van der Waals surface area contributed by atoms with Gasteiger partial charge in [-0.25, -0.2) is 18.7 Å². The fourth-order valence-electron chi connectivity index (χ4n) is 4.03. The molecule has 1 aliphatic heterocycles. The Balaban J connectivity index is 1.30. The number of amides is 1. The van der Waals surface area contributed by atoms with Gasteiger partial charge in [0.1, 0.15) is 28.8 Å². The van der Waals surface area contributed by atoms with Gasteiger partial charge in [0.25, 0.3) is 11.5 Å². The van der Waals surface area contributed by atoms with Crippen LogP contribution in [-0.4, -0.2) is 37.2 Å². The Morgan fingerprint density at radius 3 is 2.78 bits per heavy atom. The number of aromatic amines is 1. The van der Waals surface area contributed by atoms with Crippen molar-refractivity contribution >= 4 is 22.6 Å². The predicted molar refractivity (Wildman–Crippen MR) is 127 cm³/mol. The number of nitrogens with zero attached hydrogens (tertiary/aromatic N) is 4. The minimum absolute atomic E-state index is 0.0920. The van der Waals surface area contributed by atoms with E-state index in [2.05, 4.69) is 25.5 Å². The maximum atomic E-state index is 14.9. The van der Waals surface area contributed by atoms with Gasteiger partial charge in [0.15, 0.2) is 17.2 Å². The van der Waals surface area contributed by atoms with Gasteiger partial charge in [0.2, 0.25) is 5.88 Å². The molecule has 0 fully saturated rings. The normalized spacial score (nSPS) is 12.3. The molecule has 0 spiro atoms. The summed E-state index contributed by atoms with van der Waals surface area (Å²) in [5, 5.41) is 9.54. The maximum Gasteiger partial charge on any atom is 0.271 e. The lowest BCUT2D eigenvalue weighted by atomic mass is 10.1. The second-order valence-corrected chi connectivity index (χ2v) is 8.12. The number of halogens is 2. The van der Waals surface area contributed by atoms with Crippen molar-refractivity contribution in [1.82, 2.24) is 24.7 Å². The molecule has 3 aromatic heterocycles. The number of hydrogen-bond donors (Lipinski definition) is 2. The number of carbonyl (C=O) groups excluding carboxylic acids is 1. The molecule has 4 heterocycles. The molecule has 0 saturated heterocycles. The van der Waals surface area contributed by atoms with E-state index in [9.17, 15) is 18.4 Å². The minimum atomic E-state index is -0.774. The van der Waals surface area contributed by atoms with Gasteiger partial charge < -0.3 is 14.8 Å². The summed E-state index contributed by atoms with van der Waals surface area (Å²) in [7, 11) is 0. The first-order valence-corrected chi connectivity index (χ1v) is 11.1. The molecule has 1 amide bonds. The van der Waals surface area contributed by atoms with E-state index in [0.717, 1.165) is 6.07 Å². The van der Waals surface area contributed by atoms with Crippen molar-refractivity contribution < 1.29 is 23.0 Å². The van der Waals surface area contributed by atoms with Crippen LogP contribution in [0.25, 0.3) is 16.7 Å². The quantitative estimate of drug-likeness (QED) is 0.375. The molecular weight excluding hydrogens is 486 g/mol. The maximum absolute atomic E-state index is 14.9. The fraction of sp³-hybridized carbons (Fsp3) is 0.0800. The lowest BCUT2D eigenvalue weighted by Gasteiger charge is -2.13. The van der Waals surface area contributed by atoms with E-state index >= 15 is 0 Å². The van der Waals surface area contributed by atoms with Gasteiger partial charge in [-0.15, -0.1) is 0 Å². The van der Waals surface area contributed by atoms with Gasteiger partial charge in [-0.05, 0) is 36.4 Å². The van der Waals surface area contributed by atoms with Crippen molar-refractivity contribution in [3.05, 3.63) is 94.3 Å². The van der Waals surface area contributed by atoms with E-state index in [1.165, 1.54) is 53.5 Å². The molecule has 12 heteroatoms. The highest BCUT2D eigenvalue weighted by Gasteiger charge is 2.27. The topological polar surface area (TPSA) is 124 Å². The first kappa shape index (κ1) is 22.3. The van der Waals surface area contributed by atoms with E-state index < -0.39 is 23.1 Å². The summed E-state index contributed by atoms with van der Waals surface area (Å²) in [6.07, 6.45) is 4.77. The van der Waals surface area contributed by atoms with Gasteiger partial charge in [0, 0.05) is 35.6 Å². The number of aromatic nitrogens is 5. The van der Waals surface area contributed by atoms with Crippen LogP contribution in [0.4, 0.5) is 14.5 Å². The first-order chi connectivity index (χ1) is 18.0. The van der Waals surface area contributed by atoms with E-state index in [-0.39, 0.29) is 28.6 Å². The third-order valence-corrected chi connectivity index (χ3v) is 5.79. The van der Waals surface area contributed by atoms with Crippen molar-refractivity contribution in [3.8, 4) is 23.1 Å². The number of pyridine rings is 1. The van der Waals surface area contributed by atoms with Crippen molar-refractivity contribution in [1.29, 1.82) is 0 Å². The molecule has 0 unspecified atom stereocenters. The number of anilines is 1. The van der Waals surface area contributed by atoms with Crippen molar-refractivity contribution in [2.24, 2.45) is 0 Å². The van der Waals surface area contributed by atoms with E-state index in [1.54, 1.807) is 6.20 Å². The van der Waals surface area contributed by atoms with Gasteiger partial charge in [-0.3, -0.25) is 19.3 Å². The van der Waals surface area contributed by atoms with E-state index in [4.69, 9.17) is 9.47 Å². The summed E-state index contributed by atoms with van der Waals surface area (Å²) in [4.78, 5) is 34.5. The molecule has 1 aliphatic rings. The van der Waals surface area contributed by atoms with Crippen LogP contribution in [0.2, 0.25) is 0 Å². The molecule has 0 radical (unpaired) electrons. The summed E-state index contributed by atoms with van der Waals surface area (Å²) < 4.78 is 40.7. The highest BCUT2D eigenvalue weighted by molar-refractivity contribution is 6.06. The number of hydrogen-bond acceptors (Lipinski definition) is 7. The first-order valence-electron chi connectivity index (χ1n) is 11.1. The van der Waals surface area contributed by atoms with Crippen LogP contribution < -0.4 is 20.3 Å². The zero-order valence-corrected chi connectivity index (χ0v) is 18.9. The third-order valence-electron chi connectivity index (χ3n) is 5.79. The Bertz CT molecular complexity index is 1730. The molecule has 0 aliphatic carbocycles. The van der Waals surface area contributed by atoms with E-state index in [0.29, 0.717) is 35.3 Å². The highest BCUT2D eigenvalue weighted by Crippen LogP contribution is 2.31. The number of H-pyrrole nitrogens is 1. The van der Waals surface area contributed by atoms with Crippen molar-refractivity contribution in [2.75, 3.05) is 11.9 Å². The summed E-state index contributed by atoms with van der Waals surface area (Å²) in [5.41, 5.74) is 0.674. The van der Waals surface area contributed by atoms with Crippen LogP contribution in [-0.2, 0) is 6.42 Å². The van der Waals surface area contributed by atoms with Gasteiger partial charge >= 0.3 is 0 Å². The second-order valence-electron chi connectivity index (χ2n) is 8.12. The molecule has 0 saturated carbocycles. The average Bonchev–Trinajstić information content (AvgIpc) is 3.56. The van der Waals surface area contributed by atoms with Crippen LogP contribution in [0.3, 0.4) is 0 Å². The summed E-state index contributed by atoms with van der Waals surface area (Å²) in [5.74, 6) is -1.86. The largest absolute Gasteiger partial charge is 0.492 e. The van der Waals surface area contributed by atoms with Crippen LogP contribution in [0.1, 0.15) is 15.9 Å². The number of nitrogens with one attached hydrogen (secondary N) is 2. The average molecular weight is 502 g/mol. The van der Waals surface area contributed by atoms with Gasteiger partial charge in [0.05, 0.1) is 12.8 Å². The SMILES string of the molecule is O=C(Nc1ccc(Oc2ncnc3[nH]ncc23)c(F)c1)c1c2c(cn(-c3ccc(F)cc3)c1=O)CCO2. The Morgan fingerprint density at radius 2 is 1.97 bits per heavy atom. The number of fused-ring (bicyclic) bond motifs is 2. The standard InChI is InChI=1S/C25H16F2N6O4/c26-14-1-4-16(5-2-14)33-11-13-7-8-36-21(13)20(25(33)35)23(34)31-15-3-6-19(18(27)9-15)37-24-17-10-30-32-22(17)28-12-29-24/h1-6,9-12H,7-8H2,(H,31,34)(H,28,29,30,32). The molecule has 0 atom stereocenters. The predicted octanol–water partition coefficient (Wildman–Crippen LogP) is 3.76. The lowest BCUT2D eigenvalue weighted by molar-refractivity contribution is 0.102. The minimum Gasteiger partial charge on any atom is -0.492 e. The molecule has 0 bridgehead atoms. The van der Waals surface area contributed by atoms with Crippen molar-refractivity contribution in [3.63, 3.8) is 0 Å². The molecule has 37 heavy (non-hydrogen) atoms. The molecule has 2 aromatic carbocycles. The molecule has 184 valence electrons. The fourth-order valence-corrected chi connectivity index (χ4v) is 4.03. The van der Waals surface area contributed by atoms with E-state index in [1.807, 2.05) is 0 Å². The molecule has 5 aromatic rings. The van der Waals surface area contributed by atoms with Crippen LogP contribution in [0, 0.1) is 11.6 Å². The Labute approximate surface area is 206 Å². The summed E-state index contributed by atoms with van der Waals surface area (Å²) in [6, 6.07) is 9.11. The molecule has 2 N–H and O–H groups in total. The highest BCUT2D eigenvalue weighted by atomic mass is 19.1. The van der Waals surface area contributed by atoms with Gasteiger partial charge in [-0.1, -0.05) is 0 Å². The zero-order chi connectivity index (χ0) is 25.5. The van der Waals surface area contributed by atoms with Crippen LogP contribution in [0.5, 0.6) is 17.4 Å². The number of benzene rings is 2. The lowest BCUT2D eigenvalue weighted by Crippen LogP contribution is -2.29. The van der Waals surface area contributed by atoms with Crippen LogP contribution >= 0.6 is 0 Å². The summed E-state index contributed by atoms with van der Waals surface area (Å²) >= 11 is 0.